The van der Waals surface area contributed by atoms with Crippen LogP contribution in [0, 0.1) is 5.41 Å². The molecule has 6 heteroatoms. The minimum Gasteiger partial charge on any atom is -0.354 e. The predicted octanol–water partition coefficient (Wildman–Crippen LogP) is -1.23. The van der Waals surface area contributed by atoms with E-state index < -0.39 is 0 Å². The molecule has 0 bridgehead atoms. The third kappa shape index (κ3) is 8.65. The average molecular weight is 244 g/mol. The van der Waals surface area contributed by atoms with Gasteiger partial charge < -0.3 is 21.3 Å². The van der Waals surface area contributed by atoms with Crippen LogP contribution in [-0.2, 0) is 9.59 Å². The molecule has 2 amide bonds. The molecule has 17 heavy (non-hydrogen) atoms. The molecular weight excluding hydrogens is 220 g/mol. The molecule has 0 aliphatic heterocycles. The van der Waals surface area contributed by atoms with Crippen LogP contribution in [0.5, 0.6) is 0 Å². The number of rotatable bonds is 7. The van der Waals surface area contributed by atoms with Crippen molar-refractivity contribution < 1.29 is 9.59 Å². The third-order valence-electron chi connectivity index (χ3n) is 2.14. The quantitative estimate of drug-likeness (QED) is 0.523. The first-order chi connectivity index (χ1) is 7.76. The molecule has 0 fully saturated rings. The Kier molecular flexibility index (Phi) is 6.75. The lowest BCUT2D eigenvalue weighted by Crippen LogP contribution is -2.44. The van der Waals surface area contributed by atoms with Crippen LogP contribution in [0.4, 0.5) is 0 Å². The smallest absolute Gasteiger partial charge is 0.239 e. The van der Waals surface area contributed by atoms with Crippen molar-refractivity contribution in [3.63, 3.8) is 0 Å². The molecule has 0 heterocycles. The number of carbonyl (C=O) groups excluding carboxylic acids is 2. The topological polar surface area (TPSA) is 87.5 Å². The van der Waals surface area contributed by atoms with Gasteiger partial charge >= 0.3 is 0 Å². The van der Waals surface area contributed by atoms with Crippen LogP contribution < -0.4 is 16.4 Å². The summed E-state index contributed by atoms with van der Waals surface area (Å²) in [4.78, 5) is 24.3. The lowest BCUT2D eigenvalue weighted by molar-refractivity contribution is -0.125. The van der Waals surface area contributed by atoms with E-state index in [1.165, 1.54) is 0 Å². The predicted molar refractivity (Wildman–Crippen MR) is 67.4 cm³/mol. The van der Waals surface area contributed by atoms with E-state index in [-0.39, 0.29) is 30.3 Å². The summed E-state index contributed by atoms with van der Waals surface area (Å²) in [5, 5.41) is 5.21. The van der Waals surface area contributed by atoms with Crippen molar-refractivity contribution >= 4 is 11.8 Å². The molecule has 0 aliphatic carbocycles. The van der Waals surface area contributed by atoms with Gasteiger partial charge in [-0.2, -0.15) is 0 Å². The van der Waals surface area contributed by atoms with Crippen LogP contribution in [0.2, 0.25) is 0 Å². The summed E-state index contributed by atoms with van der Waals surface area (Å²) < 4.78 is 0. The second kappa shape index (κ2) is 7.24. The van der Waals surface area contributed by atoms with Gasteiger partial charge in [-0.05, 0) is 19.5 Å². The number of nitrogens with two attached hydrogens (primary N) is 1. The highest BCUT2D eigenvalue weighted by Gasteiger charge is 2.19. The second-order valence-electron chi connectivity index (χ2n) is 5.16. The molecule has 6 nitrogen and oxygen atoms in total. The molecule has 0 rings (SSSR count). The minimum absolute atomic E-state index is 0.00294. The van der Waals surface area contributed by atoms with E-state index in [4.69, 9.17) is 5.73 Å². The van der Waals surface area contributed by atoms with Gasteiger partial charge in [0.15, 0.2) is 0 Å². The summed E-state index contributed by atoms with van der Waals surface area (Å²) in [7, 11) is 3.98. The van der Waals surface area contributed by atoms with Gasteiger partial charge in [0.2, 0.25) is 11.8 Å². The van der Waals surface area contributed by atoms with Gasteiger partial charge in [-0.1, -0.05) is 13.8 Å². The fourth-order valence-corrected chi connectivity index (χ4v) is 1.56. The molecule has 100 valence electrons. The van der Waals surface area contributed by atoms with E-state index >= 15 is 0 Å². The number of nitrogens with zero attached hydrogens (tertiary/aromatic N) is 1. The molecule has 0 unspecified atom stereocenters. The lowest BCUT2D eigenvalue weighted by Gasteiger charge is -2.28. The fourth-order valence-electron chi connectivity index (χ4n) is 1.56. The normalized spacial score (nSPS) is 11.4. The van der Waals surface area contributed by atoms with Crippen molar-refractivity contribution in [1.82, 2.24) is 15.5 Å². The number of nitrogens with one attached hydrogen (secondary N) is 2. The van der Waals surface area contributed by atoms with E-state index in [1.54, 1.807) is 0 Å². The molecule has 0 aromatic rings. The Morgan fingerprint density at radius 2 is 1.76 bits per heavy atom. The maximum absolute atomic E-state index is 11.4. The maximum atomic E-state index is 11.4. The van der Waals surface area contributed by atoms with Crippen molar-refractivity contribution in [3.05, 3.63) is 0 Å². The highest BCUT2D eigenvalue weighted by Crippen LogP contribution is 2.13. The molecule has 0 spiro atoms. The van der Waals surface area contributed by atoms with Crippen LogP contribution in [-0.4, -0.2) is 57.0 Å². The molecule has 0 aliphatic rings. The van der Waals surface area contributed by atoms with Crippen LogP contribution in [0.3, 0.4) is 0 Å². The van der Waals surface area contributed by atoms with Crippen molar-refractivity contribution in [2.24, 2.45) is 11.1 Å². The molecule has 0 saturated heterocycles. The van der Waals surface area contributed by atoms with E-state index in [1.807, 2.05) is 14.1 Å². The first kappa shape index (κ1) is 15.9. The van der Waals surface area contributed by atoms with Crippen molar-refractivity contribution in [3.8, 4) is 0 Å². The summed E-state index contributed by atoms with van der Waals surface area (Å²) >= 11 is 0. The summed E-state index contributed by atoms with van der Waals surface area (Å²) in [5.41, 5.74) is 5.10. The van der Waals surface area contributed by atoms with E-state index in [2.05, 4.69) is 29.4 Å². The third-order valence-corrected chi connectivity index (χ3v) is 2.14. The Balaban J connectivity index is 3.86. The Morgan fingerprint density at radius 3 is 2.24 bits per heavy atom. The summed E-state index contributed by atoms with van der Waals surface area (Å²) in [6, 6.07) is 0. The zero-order valence-corrected chi connectivity index (χ0v) is 11.2. The number of carbonyl (C=O) groups is 2. The van der Waals surface area contributed by atoms with E-state index in [0.29, 0.717) is 6.54 Å². The van der Waals surface area contributed by atoms with Crippen molar-refractivity contribution in [1.29, 1.82) is 0 Å². The fraction of sp³-hybridized carbons (Fsp3) is 0.818. The van der Waals surface area contributed by atoms with Gasteiger partial charge in [0.05, 0.1) is 13.1 Å². The molecule has 0 aromatic carbocycles. The Morgan fingerprint density at radius 1 is 1.18 bits per heavy atom. The highest BCUT2D eigenvalue weighted by molar-refractivity contribution is 5.85. The summed E-state index contributed by atoms with van der Waals surface area (Å²) in [5.74, 6) is -0.522. The van der Waals surface area contributed by atoms with Gasteiger partial charge in [0, 0.05) is 13.1 Å². The molecule has 4 N–H and O–H groups in total. The zero-order valence-electron chi connectivity index (χ0n) is 11.2. The van der Waals surface area contributed by atoms with Crippen LogP contribution in [0.15, 0.2) is 0 Å². The largest absolute Gasteiger partial charge is 0.354 e. The number of amides is 2. The van der Waals surface area contributed by atoms with Crippen LogP contribution >= 0.6 is 0 Å². The van der Waals surface area contributed by atoms with Gasteiger partial charge in [-0.15, -0.1) is 0 Å². The molecule has 0 aromatic heterocycles. The number of hydrogen-bond acceptors (Lipinski definition) is 4. The Bertz CT molecular complexity index is 264. The molecular formula is C11H24N4O2. The van der Waals surface area contributed by atoms with Crippen LogP contribution in [0.25, 0.3) is 0 Å². The van der Waals surface area contributed by atoms with Gasteiger partial charge in [0.1, 0.15) is 0 Å². The molecule has 0 atom stereocenters. The minimum atomic E-state index is -0.326. The van der Waals surface area contributed by atoms with Gasteiger partial charge in [-0.25, -0.2) is 0 Å². The van der Waals surface area contributed by atoms with Gasteiger partial charge in [-0.3, -0.25) is 9.59 Å². The van der Waals surface area contributed by atoms with E-state index in [0.717, 1.165) is 6.54 Å². The Labute approximate surface area is 103 Å². The SMILES string of the molecule is CN(C)CC(C)(C)CNC(=O)CNC(=O)CN. The van der Waals surface area contributed by atoms with Crippen molar-refractivity contribution in [2.75, 3.05) is 40.3 Å². The first-order valence-electron chi connectivity index (χ1n) is 5.65. The first-order valence-corrected chi connectivity index (χ1v) is 5.65. The highest BCUT2D eigenvalue weighted by atomic mass is 16.2. The standard InChI is InChI=1S/C11H24N4O2/c1-11(2,8-15(3)4)7-14-10(17)6-13-9(16)5-12/h5-8,12H2,1-4H3,(H,13,16)(H,14,17). The van der Waals surface area contributed by atoms with Gasteiger partial charge in [0.25, 0.3) is 0 Å². The maximum Gasteiger partial charge on any atom is 0.239 e. The lowest BCUT2D eigenvalue weighted by atomic mass is 9.93. The summed E-state index contributed by atoms with van der Waals surface area (Å²) in [6.45, 7) is 5.48. The average Bonchev–Trinajstić information content (AvgIpc) is 2.21. The van der Waals surface area contributed by atoms with Crippen LogP contribution in [0.1, 0.15) is 13.8 Å². The second-order valence-corrected chi connectivity index (χ2v) is 5.16. The molecule has 0 radical (unpaired) electrons. The Hall–Kier alpha value is -1.14. The number of hydrogen-bond donors (Lipinski definition) is 3. The summed E-state index contributed by atoms with van der Waals surface area (Å²) in [6.07, 6.45) is 0. The van der Waals surface area contributed by atoms with Crippen molar-refractivity contribution in [2.45, 2.75) is 13.8 Å². The zero-order chi connectivity index (χ0) is 13.5. The monoisotopic (exact) mass is 244 g/mol. The van der Waals surface area contributed by atoms with E-state index in [9.17, 15) is 9.59 Å². The molecule has 0 saturated carbocycles.